The number of ketones is 1. The van der Waals surface area contributed by atoms with Crippen LogP contribution in [0.1, 0.15) is 15.9 Å². The smallest absolute Gasteiger partial charge is 0.295 e. The Morgan fingerprint density at radius 3 is 2.42 bits per heavy atom. The summed E-state index contributed by atoms with van der Waals surface area (Å²) in [7, 11) is 0. The molecule has 0 saturated carbocycles. The van der Waals surface area contributed by atoms with Gasteiger partial charge in [-0.2, -0.15) is 5.26 Å². The van der Waals surface area contributed by atoms with Crippen LogP contribution in [0.2, 0.25) is 0 Å². The lowest BCUT2D eigenvalue weighted by molar-refractivity contribution is -0.127. The van der Waals surface area contributed by atoms with Gasteiger partial charge in [-0.3, -0.25) is 9.59 Å². The van der Waals surface area contributed by atoms with E-state index >= 15 is 0 Å². The normalized spacial score (nSPS) is 14.5. The van der Waals surface area contributed by atoms with Gasteiger partial charge in [-0.25, -0.2) is 4.39 Å². The number of rotatable bonds is 4. The average molecular weight is 481 g/mol. The molecule has 156 valence electrons. The SMILES string of the molecule is N#C/C=C(/c1ccccc1)N1CCN(C(=O)C(=O)c2c[nH]c3c(Br)ccc(F)c23)CC1. The van der Waals surface area contributed by atoms with Crippen molar-refractivity contribution < 1.29 is 14.0 Å². The van der Waals surface area contributed by atoms with Crippen molar-refractivity contribution in [1.29, 1.82) is 5.26 Å². The molecule has 1 amide bonds. The number of nitrogens with one attached hydrogen (secondary N) is 1. The molecule has 1 aliphatic rings. The Kier molecular flexibility index (Phi) is 5.87. The van der Waals surface area contributed by atoms with Crippen LogP contribution < -0.4 is 0 Å². The molecule has 3 aromatic rings. The maximum atomic E-state index is 14.3. The van der Waals surface area contributed by atoms with Crippen molar-refractivity contribution in [1.82, 2.24) is 14.8 Å². The zero-order chi connectivity index (χ0) is 22.0. The van der Waals surface area contributed by atoms with Gasteiger partial charge < -0.3 is 14.8 Å². The van der Waals surface area contributed by atoms with Crippen molar-refractivity contribution in [3.63, 3.8) is 0 Å². The number of aromatic amines is 1. The number of H-pyrrole nitrogens is 1. The van der Waals surface area contributed by atoms with E-state index in [4.69, 9.17) is 0 Å². The van der Waals surface area contributed by atoms with E-state index in [1.807, 2.05) is 35.2 Å². The number of allylic oxidation sites excluding steroid dienone is 1. The summed E-state index contributed by atoms with van der Waals surface area (Å²) in [6, 6.07) is 14.4. The minimum absolute atomic E-state index is 0.0237. The van der Waals surface area contributed by atoms with E-state index in [1.54, 1.807) is 6.07 Å². The number of benzene rings is 2. The predicted molar refractivity (Wildman–Crippen MR) is 118 cm³/mol. The number of nitrogens with zero attached hydrogens (tertiary/aromatic N) is 3. The van der Waals surface area contributed by atoms with E-state index < -0.39 is 17.5 Å². The maximum Gasteiger partial charge on any atom is 0.295 e. The van der Waals surface area contributed by atoms with Crippen molar-refractivity contribution in [3.8, 4) is 6.07 Å². The van der Waals surface area contributed by atoms with Crippen LogP contribution in [0.4, 0.5) is 4.39 Å². The van der Waals surface area contributed by atoms with Crippen LogP contribution in [0.15, 0.2) is 59.2 Å². The highest BCUT2D eigenvalue weighted by molar-refractivity contribution is 9.10. The van der Waals surface area contributed by atoms with E-state index in [-0.39, 0.29) is 10.9 Å². The molecule has 2 heterocycles. The number of carbonyl (C=O) groups excluding carboxylic acids is 2. The first-order valence-electron chi connectivity index (χ1n) is 9.70. The Morgan fingerprint density at radius 1 is 1.06 bits per heavy atom. The quantitative estimate of drug-likeness (QED) is 0.348. The van der Waals surface area contributed by atoms with E-state index in [0.29, 0.717) is 36.2 Å². The predicted octanol–water partition coefficient (Wildman–Crippen LogP) is 3.96. The van der Waals surface area contributed by atoms with Gasteiger partial charge in [0.25, 0.3) is 11.7 Å². The van der Waals surface area contributed by atoms with Crippen molar-refractivity contribution in [3.05, 3.63) is 76.2 Å². The fraction of sp³-hybridized carbons (Fsp3) is 0.174. The number of halogens is 2. The van der Waals surface area contributed by atoms with Gasteiger partial charge in [-0.1, -0.05) is 30.3 Å². The highest BCUT2D eigenvalue weighted by Gasteiger charge is 2.30. The molecule has 1 aliphatic heterocycles. The van der Waals surface area contributed by atoms with Gasteiger partial charge in [0.2, 0.25) is 0 Å². The monoisotopic (exact) mass is 480 g/mol. The second-order valence-electron chi connectivity index (χ2n) is 7.11. The molecule has 1 fully saturated rings. The minimum Gasteiger partial charge on any atom is -0.367 e. The summed E-state index contributed by atoms with van der Waals surface area (Å²) in [6.07, 6.45) is 2.86. The van der Waals surface area contributed by atoms with E-state index in [9.17, 15) is 19.2 Å². The van der Waals surface area contributed by atoms with Crippen LogP contribution in [-0.2, 0) is 4.79 Å². The summed E-state index contributed by atoms with van der Waals surface area (Å²) in [4.78, 5) is 32.1. The maximum absolute atomic E-state index is 14.3. The van der Waals surface area contributed by atoms with Crippen molar-refractivity contribution in [2.75, 3.05) is 26.2 Å². The average Bonchev–Trinajstić information content (AvgIpc) is 3.26. The number of hydrogen-bond acceptors (Lipinski definition) is 4. The van der Waals surface area contributed by atoms with Gasteiger partial charge in [-0.05, 0) is 33.6 Å². The molecule has 0 aliphatic carbocycles. The zero-order valence-corrected chi connectivity index (χ0v) is 18.0. The molecule has 0 radical (unpaired) electrons. The largest absolute Gasteiger partial charge is 0.367 e. The van der Waals surface area contributed by atoms with E-state index in [1.165, 1.54) is 23.2 Å². The van der Waals surface area contributed by atoms with Crippen molar-refractivity contribution >= 4 is 44.2 Å². The van der Waals surface area contributed by atoms with Crippen LogP contribution in [-0.4, -0.2) is 52.7 Å². The fourth-order valence-corrected chi connectivity index (χ4v) is 4.23. The number of carbonyl (C=O) groups is 2. The van der Waals surface area contributed by atoms with Crippen LogP contribution in [0, 0.1) is 17.1 Å². The van der Waals surface area contributed by atoms with Crippen molar-refractivity contribution in [2.24, 2.45) is 0 Å². The summed E-state index contributed by atoms with van der Waals surface area (Å²) >= 11 is 3.32. The molecule has 6 nitrogen and oxygen atoms in total. The topological polar surface area (TPSA) is 80.2 Å². The molecule has 4 rings (SSSR count). The fourth-order valence-electron chi connectivity index (χ4n) is 3.79. The second kappa shape index (κ2) is 8.74. The first-order valence-corrected chi connectivity index (χ1v) is 10.5. The number of Topliss-reactive ketones (excluding diaryl/α,β-unsaturated/α-hetero) is 1. The molecule has 8 heteroatoms. The van der Waals surface area contributed by atoms with Gasteiger partial charge in [0, 0.05) is 48.3 Å². The number of amides is 1. The van der Waals surface area contributed by atoms with Gasteiger partial charge in [0.15, 0.2) is 0 Å². The highest BCUT2D eigenvalue weighted by atomic mass is 79.9. The Hall–Kier alpha value is -3.44. The molecule has 0 spiro atoms. The molecular formula is C23H18BrFN4O2. The van der Waals surface area contributed by atoms with Gasteiger partial charge in [0.1, 0.15) is 5.82 Å². The number of aromatic nitrogens is 1. The lowest BCUT2D eigenvalue weighted by atomic mass is 10.1. The van der Waals surface area contributed by atoms with E-state index in [0.717, 1.165) is 11.3 Å². The third-order valence-corrected chi connectivity index (χ3v) is 6.01. The highest BCUT2D eigenvalue weighted by Crippen LogP contribution is 2.29. The van der Waals surface area contributed by atoms with Crippen LogP contribution >= 0.6 is 15.9 Å². The summed E-state index contributed by atoms with van der Waals surface area (Å²) in [5.41, 5.74) is 2.16. The Balaban J connectivity index is 1.50. The van der Waals surface area contributed by atoms with Crippen LogP contribution in [0.5, 0.6) is 0 Å². The third-order valence-electron chi connectivity index (χ3n) is 5.35. The van der Waals surface area contributed by atoms with E-state index in [2.05, 4.69) is 27.0 Å². The summed E-state index contributed by atoms with van der Waals surface area (Å²) in [5, 5.41) is 9.28. The van der Waals surface area contributed by atoms with Crippen LogP contribution in [0.3, 0.4) is 0 Å². The lowest BCUT2D eigenvalue weighted by Gasteiger charge is -2.37. The molecule has 0 bridgehead atoms. The van der Waals surface area contributed by atoms with Crippen molar-refractivity contribution in [2.45, 2.75) is 0 Å². The van der Waals surface area contributed by atoms with Gasteiger partial charge in [0.05, 0.1) is 22.8 Å². The zero-order valence-electron chi connectivity index (χ0n) is 16.4. The Labute approximate surface area is 186 Å². The summed E-state index contributed by atoms with van der Waals surface area (Å²) in [6.45, 7) is 1.62. The Bertz CT molecular complexity index is 1220. The van der Waals surface area contributed by atoms with Gasteiger partial charge in [-0.15, -0.1) is 0 Å². The van der Waals surface area contributed by atoms with Gasteiger partial charge >= 0.3 is 0 Å². The molecule has 31 heavy (non-hydrogen) atoms. The number of nitriles is 1. The first-order chi connectivity index (χ1) is 15.0. The molecule has 2 aromatic carbocycles. The lowest BCUT2D eigenvalue weighted by Crippen LogP contribution is -2.49. The standard InChI is InChI=1S/C23H18BrFN4O2/c24-17-6-7-18(25)20-16(14-27-21(17)20)22(30)23(31)29-12-10-28(11-13-29)19(8-9-26)15-4-2-1-3-5-15/h1-8,14,27H,10-13H2/b19-8-. The first kappa shape index (κ1) is 20.8. The molecule has 0 atom stereocenters. The molecule has 1 saturated heterocycles. The minimum atomic E-state index is -0.743. The Morgan fingerprint density at radius 2 is 1.74 bits per heavy atom. The van der Waals surface area contributed by atoms with Crippen LogP contribution in [0.25, 0.3) is 16.6 Å². The molecular weight excluding hydrogens is 463 g/mol. The number of hydrogen-bond donors (Lipinski definition) is 1. The third kappa shape index (κ3) is 3.97. The molecule has 1 N–H and O–H groups in total. The summed E-state index contributed by atoms with van der Waals surface area (Å²) < 4.78 is 15.0. The second-order valence-corrected chi connectivity index (χ2v) is 7.97. The molecule has 1 aromatic heterocycles. The summed E-state index contributed by atoms with van der Waals surface area (Å²) in [5.74, 6) is -1.97. The number of piperazine rings is 1. The molecule has 0 unspecified atom stereocenters. The number of fused-ring (bicyclic) bond motifs is 1.